The number of aliphatic hydroxyl groups is 3. The molecule has 1 aliphatic heterocycles. The lowest BCUT2D eigenvalue weighted by molar-refractivity contribution is -0.249. The summed E-state index contributed by atoms with van der Waals surface area (Å²) in [4.78, 5) is 99.5. The van der Waals surface area contributed by atoms with Crippen molar-refractivity contribution in [2.75, 3.05) is 25.6 Å². The molecule has 0 saturated carbocycles. The van der Waals surface area contributed by atoms with Crippen LogP contribution in [0.4, 0.5) is 10.5 Å². The summed E-state index contributed by atoms with van der Waals surface area (Å²) in [5.41, 5.74) is -2.75. The number of fused-ring (bicyclic) bond motifs is 3. The van der Waals surface area contributed by atoms with Crippen LogP contribution in [0.1, 0.15) is 106 Å². The fourth-order valence-electron chi connectivity index (χ4n) is 9.60. The van der Waals surface area contributed by atoms with Crippen LogP contribution in [0.2, 0.25) is 0 Å². The monoisotopic (exact) mass is 1110 g/mol. The number of carbonyl (C=O) groups is 7. The summed E-state index contributed by atoms with van der Waals surface area (Å²) in [6.45, 7) is 2.07. The number of hydrogen-bond donors (Lipinski definition) is 11. The van der Waals surface area contributed by atoms with E-state index in [-0.39, 0.29) is 53.9 Å². The van der Waals surface area contributed by atoms with Gasteiger partial charge >= 0.3 is 6.09 Å². The molecule has 2 aliphatic carbocycles. The third-order valence-electron chi connectivity index (χ3n) is 13.8. The van der Waals surface area contributed by atoms with Crippen molar-refractivity contribution in [1.82, 2.24) is 25.6 Å². The Hall–Kier alpha value is -6.73. The van der Waals surface area contributed by atoms with Crippen LogP contribution in [0.3, 0.4) is 0 Å². The smallest absolute Gasteiger partial charge is 0.407 e. The molecule has 7 rings (SSSR count). The summed E-state index contributed by atoms with van der Waals surface area (Å²) >= 11 is 11.3. The van der Waals surface area contributed by atoms with Gasteiger partial charge in [-0.05, 0) is 86.0 Å². The molecule has 4 amide bonds. The Morgan fingerprint density at radius 2 is 1.55 bits per heavy atom. The number of aromatic hydroxyl groups is 2. The molecule has 22 nitrogen and oxygen atoms in total. The van der Waals surface area contributed by atoms with Gasteiger partial charge in [0.25, 0.3) is 0 Å². The number of methoxy groups -OCH3 is 1. The lowest BCUT2D eigenvalue weighted by Gasteiger charge is -2.42. The molecule has 1 heterocycles. The second-order valence-electron chi connectivity index (χ2n) is 19.0. The topological polar surface area (TPSA) is 330 Å². The molecule has 0 aromatic heterocycles. The van der Waals surface area contributed by atoms with Crippen LogP contribution in [0.25, 0.3) is 0 Å². The number of hydrogen-bond acceptors (Lipinski definition) is 18. The standard InChI is InChI=1S/C53H60Cl2N6O16/c1-26(61-55)49(69)59-35(20-28-10-5-4-6-11-28)51(71)58-33(13-7-8-19-56-54)50(70)57-30-17-15-29(16-18-30)25-75-52(72)60-34-21-39(76-27(2)44(34)64)77-37-23-53(73,38(63)24-62)22-32-41(37)48(68)43-42(46(32)66)45(65)31-12-9-14-36(74-3)40(31)47(43)67/h4-6,9-12,14-18,26-27,33-35,37,39,44,56,61-62,64,66,68,73H,7-8,13,19-25H2,1-3H3,(H,57,70)(H,58,71)(H,59,69)(H,60,72)/t26-,27+,33+,34+,35+,37+,39+,44-,53+/m1/s1. The second kappa shape index (κ2) is 25.6. The predicted octanol–water partition coefficient (Wildman–Crippen LogP) is 3.17. The van der Waals surface area contributed by atoms with E-state index >= 15 is 0 Å². The van der Waals surface area contributed by atoms with Crippen molar-refractivity contribution >= 4 is 70.4 Å². The van der Waals surface area contributed by atoms with Gasteiger partial charge in [0.2, 0.25) is 23.5 Å². The molecule has 1 fully saturated rings. The minimum Gasteiger partial charge on any atom is -0.507 e. The number of carbonyl (C=O) groups excluding carboxylic acids is 7. The molecule has 4 aromatic rings. The highest BCUT2D eigenvalue weighted by Gasteiger charge is 2.50. The van der Waals surface area contributed by atoms with E-state index in [1.54, 1.807) is 48.5 Å². The van der Waals surface area contributed by atoms with Crippen molar-refractivity contribution in [1.29, 1.82) is 0 Å². The van der Waals surface area contributed by atoms with Crippen molar-refractivity contribution in [2.45, 2.75) is 120 Å². The summed E-state index contributed by atoms with van der Waals surface area (Å²) in [5, 5.41) is 67.1. The van der Waals surface area contributed by atoms with Crippen LogP contribution in [0.5, 0.6) is 17.2 Å². The third kappa shape index (κ3) is 13.2. The number of Topliss-reactive ketones (excluding diaryl/α,β-unsaturated/α-hetero) is 1. The number of unbranched alkanes of at least 4 members (excludes halogenated alkanes) is 1. The quantitative estimate of drug-likeness (QED) is 0.0269. The number of ether oxygens (including phenoxy) is 4. The van der Waals surface area contributed by atoms with Crippen LogP contribution < -0.4 is 35.7 Å². The first-order valence-electron chi connectivity index (χ1n) is 24.7. The number of phenols is 2. The van der Waals surface area contributed by atoms with E-state index in [4.69, 9.17) is 42.5 Å². The van der Waals surface area contributed by atoms with Gasteiger partial charge in [-0.1, -0.05) is 54.6 Å². The first kappa shape index (κ1) is 58.0. The number of alkyl carbamates (subject to hydrolysis) is 1. The van der Waals surface area contributed by atoms with Gasteiger partial charge in [0, 0.05) is 54.6 Å². The fourth-order valence-corrected chi connectivity index (χ4v) is 9.83. The molecule has 9 atom stereocenters. The minimum atomic E-state index is -2.41. The van der Waals surface area contributed by atoms with Gasteiger partial charge in [0.1, 0.15) is 54.3 Å². The summed E-state index contributed by atoms with van der Waals surface area (Å²) in [5.74, 6) is -5.97. The van der Waals surface area contributed by atoms with Crippen molar-refractivity contribution in [3.63, 3.8) is 0 Å². The molecule has 24 heteroatoms. The van der Waals surface area contributed by atoms with Gasteiger partial charge in [-0.3, -0.25) is 28.8 Å². The van der Waals surface area contributed by atoms with E-state index in [0.29, 0.717) is 30.6 Å². The lowest BCUT2D eigenvalue weighted by atomic mass is 9.72. The Kier molecular flexibility index (Phi) is 19.3. The molecule has 4 aromatic carbocycles. The Morgan fingerprint density at radius 1 is 0.844 bits per heavy atom. The normalized spacial score (nSPS) is 21.7. The summed E-state index contributed by atoms with van der Waals surface area (Å²) in [7, 11) is 1.29. The largest absolute Gasteiger partial charge is 0.507 e. The average Bonchev–Trinajstić information content (AvgIpc) is 3.50. The van der Waals surface area contributed by atoms with Gasteiger partial charge in [-0.2, -0.15) is 0 Å². The van der Waals surface area contributed by atoms with E-state index in [1.807, 2.05) is 6.07 Å². The van der Waals surface area contributed by atoms with Gasteiger partial charge < -0.3 is 65.7 Å². The van der Waals surface area contributed by atoms with Crippen molar-refractivity contribution in [2.24, 2.45) is 0 Å². The van der Waals surface area contributed by atoms with Crippen molar-refractivity contribution in [3.05, 3.63) is 117 Å². The maximum absolute atomic E-state index is 14.1. The van der Waals surface area contributed by atoms with Gasteiger partial charge in [-0.15, -0.1) is 0 Å². The van der Waals surface area contributed by atoms with E-state index in [2.05, 4.69) is 30.9 Å². The molecule has 77 heavy (non-hydrogen) atoms. The first-order chi connectivity index (χ1) is 36.8. The van der Waals surface area contributed by atoms with Gasteiger partial charge in [-0.25, -0.2) is 14.5 Å². The predicted molar refractivity (Wildman–Crippen MR) is 276 cm³/mol. The Labute approximate surface area is 452 Å². The van der Waals surface area contributed by atoms with Crippen LogP contribution in [-0.2, 0) is 52.8 Å². The number of ketones is 3. The fraction of sp³-hybridized carbons (Fsp3) is 0.415. The zero-order valence-corrected chi connectivity index (χ0v) is 43.6. The SMILES string of the molecule is COc1cccc2c1C(=O)c1c(O)c3c(c(O)c1C2=O)C[C@@](O)(C(=O)CO)C[C@@H]3O[C@H]1C[C@H](NC(=O)OCc2ccc(NC(=O)[C@H](CCCCNCl)NC(=O)[C@H](Cc3ccccc3)NC(=O)[C@@H](C)NCl)cc2)[C@H](O)[C@H](C)O1. The number of rotatable bonds is 22. The molecule has 412 valence electrons. The molecular weight excluding hydrogens is 1050 g/mol. The molecule has 1 saturated heterocycles. The number of nitrogens with one attached hydrogen (secondary N) is 6. The van der Waals surface area contributed by atoms with E-state index in [0.717, 1.165) is 5.56 Å². The van der Waals surface area contributed by atoms with Gasteiger partial charge in [0.05, 0.1) is 48.1 Å². The number of benzene rings is 4. The molecule has 11 N–H and O–H groups in total. The van der Waals surface area contributed by atoms with Crippen LogP contribution in [0, 0.1) is 0 Å². The highest BCUT2D eigenvalue weighted by atomic mass is 35.5. The summed E-state index contributed by atoms with van der Waals surface area (Å²) in [6.07, 6.45) is -6.34. The van der Waals surface area contributed by atoms with E-state index < -0.39 is 138 Å². The zero-order valence-electron chi connectivity index (χ0n) is 42.1. The highest BCUT2D eigenvalue weighted by molar-refractivity contribution is 6.31. The molecule has 0 radical (unpaired) electrons. The highest BCUT2D eigenvalue weighted by Crippen LogP contribution is 2.52. The van der Waals surface area contributed by atoms with Gasteiger partial charge in [0.15, 0.2) is 17.9 Å². The summed E-state index contributed by atoms with van der Waals surface area (Å²) in [6, 6.07) is 15.6. The minimum absolute atomic E-state index is 0.0297. The molecule has 0 spiro atoms. The van der Waals surface area contributed by atoms with Crippen LogP contribution in [0.15, 0.2) is 72.8 Å². The first-order valence-corrected chi connectivity index (χ1v) is 25.5. The van der Waals surface area contributed by atoms with Crippen LogP contribution in [-0.4, -0.2) is 135 Å². The zero-order chi connectivity index (χ0) is 55.7. The van der Waals surface area contributed by atoms with Crippen molar-refractivity contribution < 1.29 is 78.0 Å². The molecule has 3 aliphatic rings. The number of halogens is 2. The van der Waals surface area contributed by atoms with E-state index in [9.17, 15) is 59.1 Å². The molecule has 0 unspecified atom stereocenters. The van der Waals surface area contributed by atoms with E-state index in [1.165, 1.54) is 39.2 Å². The second-order valence-corrected chi connectivity index (χ2v) is 19.5. The Balaban J connectivity index is 1.01. The lowest BCUT2D eigenvalue weighted by Crippen LogP contribution is -2.56. The maximum Gasteiger partial charge on any atom is 0.407 e. The number of amides is 4. The number of phenolic OH excluding ortho intramolecular Hbond substituents is 2. The number of aliphatic hydroxyl groups excluding tert-OH is 2. The Morgan fingerprint density at radius 3 is 2.22 bits per heavy atom. The third-order valence-corrected chi connectivity index (χ3v) is 14.3. The number of anilines is 1. The Bertz CT molecular complexity index is 2860. The molecule has 0 bridgehead atoms. The summed E-state index contributed by atoms with van der Waals surface area (Å²) < 4.78 is 23.0. The average molecular weight is 1110 g/mol. The van der Waals surface area contributed by atoms with Crippen LogP contribution >= 0.6 is 23.6 Å². The van der Waals surface area contributed by atoms with Crippen molar-refractivity contribution in [3.8, 4) is 17.2 Å². The maximum atomic E-state index is 14.1. The molecular formula is C53H60Cl2N6O16.